The number of likely N-dealkylation sites (tertiary alicyclic amines) is 1. The van der Waals surface area contributed by atoms with Crippen molar-refractivity contribution in [1.29, 1.82) is 0 Å². The number of hydrogen-bond acceptors (Lipinski definition) is 4. The maximum atomic E-state index is 12.5. The fourth-order valence-electron chi connectivity index (χ4n) is 3.54. The van der Waals surface area contributed by atoms with Crippen molar-refractivity contribution in [2.45, 2.75) is 19.3 Å². The van der Waals surface area contributed by atoms with E-state index in [1.54, 1.807) is 24.3 Å². The summed E-state index contributed by atoms with van der Waals surface area (Å²) in [5, 5.41) is 2.76. The average molecular weight is 379 g/mol. The molecule has 3 rings (SSSR count). The highest BCUT2D eigenvalue weighted by molar-refractivity contribution is 6.03. The van der Waals surface area contributed by atoms with Gasteiger partial charge in [0, 0.05) is 24.4 Å². The van der Waals surface area contributed by atoms with E-state index in [-0.39, 0.29) is 17.6 Å². The zero-order valence-corrected chi connectivity index (χ0v) is 15.8. The summed E-state index contributed by atoms with van der Waals surface area (Å²) in [6.07, 6.45) is 1.93. The van der Waals surface area contributed by atoms with Crippen LogP contribution in [0.5, 0.6) is 0 Å². The molecular weight excluding hydrogens is 354 g/mol. The number of para-hydroxylation sites is 1. The summed E-state index contributed by atoms with van der Waals surface area (Å²) in [6.45, 7) is 2.22. The highest BCUT2D eigenvalue weighted by atomic mass is 16.2. The molecule has 3 N–H and O–H groups in total. The molecule has 0 radical (unpaired) electrons. The van der Waals surface area contributed by atoms with E-state index in [4.69, 9.17) is 5.73 Å². The third-order valence-electron chi connectivity index (χ3n) is 5.14. The number of rotatable bonds is 7. The predicted octanol–water partition coefficient (Wildman–Crippen LogP) is 2.71. The summed E-state index contributed by atoms with van der Waals surface area (Å²) in [5.74, 6) is -0.465. The number of ketones is 1. The van der Waals surface area contributed by atoms with Gasteiger partial charge in [-0.3, -0.25) is 14.4 Å². The maximum absolute atomic E-state index is 12.5. The number of nitrogens with zero attached hydrogens (tertiary/aromatic N) is 1. The monoisotopic (exact) mass is 379 g/mol. The minimum absolute atomic E-state index is 0.0509. The van der Waals surface area contributed by atoms with Crippen molar-refractivity contribution < 1.29 is 14.4 Å². The molecule has 0 atom stereocenters. The van der Waals surface area contributed by atoms with Gasteiger partial charge in [-0.25, -0.2) is 0 Å². The Kier molecular flexibility index (Phi) is 6.55. The van der Waals surface area contributed by atoms with E-state index in [0.717, 1.165) is 31.5 Å². The Hall–Kier alpha value is -2.99. The van der Waals surface area contributed by atoms with Crippen LogP contribution < -0.4 is 11.1 Å². The molecule has 1 saturated heterocycles. The van der Waals surface area contributed by atoms with E-state index < -0.39 is 5.91 Å². The standard InChI is InChI=1S/C22H25N3O3/c23-22(28)18-8-4-5-9-19(18)24-20(26)12-15-25-13-10-17(11-14-25)21(27)16-6-2-1-3-7-16/h1-9,17H,10-15H2,(H2,23,28)(H,24,26). The number of Topliss-reactive ketones (excluding diaryl/α,β-unsaturated/α-hetero) is 1. The van der Waals surface area contributed by atoms with E-state index in [2.05, 4.69) is 10.2 Å². The minimum Gasteiger partial charge on any atom is -0.366 e. The van der Waals surface area contributed by atoms with Crippen molar-refractivity contribution in [3.63, 3.8) is 0 Å². The van der Waals surface area contributed by atoms with E-state index >= 15 is 0 Å². The largest absolute Gasteiger partial charge is 0.366 e. The zero-order chi connectivity index (χ0) is 19.9. The second-order valence-electron chi connectivity index (χ2n) is 7.05. The first kappa shape index (κ1) is 19.8. The number of anilines is 1. The number of nitrogens with one attached hydrogen (secondary N) is 1. The maximum Gasteiger partial charge on any atom is 0.250 e. The van der Waals surface area contributed by atoms with Gasteiger partial charge in [-0.2, -0.15) is 0 Å². The van der Waals surface area contributed by atoms with Crippen LogP contribution >= 0.6 is 0 Å². The molecule has 1 aliphatic heterocycles. The molecule has 146 valence electrons. The topological polar surface area (TPSA) is 92.5 Å². The van der Waals surface area contributed by atoms with Gasteiger partial charge in [0.15, 0.2) is 5.78 Å². The smallest absolute Gasteiger partial charge is 0.250 e. The SMILES string of the molecule is NC(=O)c1ccccc1NC(=O)CCN1CCC(C(=O)c2ccccc2)CC1. The van der Waals surface area contributed by atoms with Gasteiger partial charge < -0.3 is 16.0 Å². The van der Waals surface area contributed by atoms with Crippen molar-refractivity contribution >= 4 is 23.3 Å². The average Bonchev–Trinajstić information content (AvgIpc) is 2.73. The molecule has 2 amide bonds. The molecule has 2 aromatic carbocycles. The second-order valence-corrected chi connectivity index (χ2v) is 7.05. The first-order valence-electron chi connectivity index (χ1n) is 9.55. The molecule has 6 heteroatoms. The Morgan fingerprint density at radius 1 is 0.964 bits per heavy atom. The summed E-state index contributed by atoms with van der Waals surface area (Å²) in [4.78, 5) is 38.4. The molecule has 1 fully saturated rings. The minimum atomic E-state index is -0.568. The van der Waals surface area contributed by atoms with Crippen LogP contribution in [0.1, 0.15) is 40.0 Å². The third kappa shape index (κ3) is 5.04. The first-order valence-corrected chi connectivity index (χ1v) is 9.55. The van der Waals surface area contributed by atoms with Crippen LogP contribution in [0, 0.1) is 5.92 Å². The number of piperidine rings is 1. The Bertz CT molecular complexity index is 843. The number of hydrogen-bond donors (Lipinski definition) is 2. The van der Waals surface area contributed by atoms with E-state index in [0.29, 0.717) is 24.2 Å². The van der Waals surface area contributed by atoms with Crippen LogP contribution in [-0.4, -0.2) is 42.1 Å². The first-order chi connectivity index (χ1) is 13.5. The van der Waals surface area contributed by atoms with Gasteiger partial charge in [0.25, 0.3) is 5.91 Å². The summed E-state index contributed by atoms with van der Waals surface area (Å²) in [7, 11) is 0. The Morgan fingerprint density at radius 3 is 2.29 bits per heavy atom. The van der Waals surface area contributed by atoms with Gasteiger partial charge in [-0.05, 0) is 38.1 Å². The quantitative estimate of drug-likeness (QED) is 0.724. The lowest BCUT2D eigenvalue weighted by atomic mass is 9.89. The van der Waals surface area contributed by atoms with Crippen LogP contribution in [0.15, 0.2) is 54.6 Å². The van der Waals surface area contributed by atoms with Crippen molar-refractivity contribution in [3.8, 4) is 0 Å². The van der Waals surface area contributed by atoms with Crippen LogP contribution in [0.3, 0.4) is 0 Å². The molecular formula is C22H25N3O3. The zero-order valence-electron chi connectivity index (χ0n) is 15.8. The lowest BCUT2D eigenvalue weighted by Crippen LogP contribution is -2.38. The highest BCUT2D eigenvalue weighted by Gasteiger charge is 2.25. The number of nitrogens with two attached hydrogens (primary N) is 1. The summed E-state index contributed by atoms with van der Waals surface area (Å²) in [5.41, 5.74) is 6.85. The number of amides is 2. The summed E-state index contributed by atoms with van der Waals surface area (Å²) < 4.78 is 0. The van der Waals surface area contributed by atoms with Crippen LogP contribution in [0.4, 0.5) is 5.69 Å². The lowest BCUT2D eigenvalue weighted by molar-refractivity contribution is -0.116. The predicted molar refractivity (Wildman–Crippen MR) is 108 cm³/mol. The van der Waals surface area contributed by atoms with E-state index in [1.807, 2.05) is 30.3 Å². The van der Waals surface area contributed by atoms with Gasteiger partial charge in [-0.1, -0.05) is 42.5 Å². The van der Waals surface area contributed by atoms with Gasteiger partial charge >= 0.3 is 0 Å². The molecule has 1 aliphatic rings. The number of benzene rings is 2. The molecule has 1 heterocycles. The van der Waals surface area contributed by atoms with Gasteiger partial charge in [-0.15, -0.1) is 0 Å². The fraction of sp³-hybridized carbons (Fsp3) is 0.318. The number of carbonyl (C=O) groups excluding carboxylic acids is 3. The number of primary amides is 1. The summed E-state index contributed by atoms with van der Waals surface area (Å²) in [6, 6.07) is 16.1. The van der Waals surface area contributed by atoms with E-state index in [9.17, 15) is 14.4 Å². The summed E-state index contributed by atoms with van der Waals surface area (Å²) >= 11 is 0. The molecule has 0 aliphatic carbocycles. The Labute approximate surface area is 164 Å². The Balaban J connectivity index is 1.45. The van der Waals surface area contributed by atoms with Gasteiger partial charge in [0.1, 0.15) is 0 Å². The molecule has 0 bridgehead atoms. The van der Waals surface area contributed by atoms with Gasteiger partial charge in [0.05, 0.1) is 11.3 Å². The molecule has 6 nitrogen and oxygen atoms in total. The van der Waals surface area contributed by atoms with Crippen molar-refractivity contribution in [3.05, 3.63) is 65.7 Å². The molecule has 28 heavy (non-hydrogen) atoms. The molecule has 0 aromatic heterocycles. The normalized spacial score (nSPS) is 15.1. The molecule has 0 unspecified atom stereocenters. The van der Waals surface area contributed by atoms with Crippen molar-refractivity contribution in [2.24, 2.45) is 11.7 Å². The van der Waals surface area contributed by atoms with Crippen LogP contribution in [0.2, 0.25) is 0 Å². The Morgan fingerprint density at radius 2 is 1.61 bits per heavy atom. The van der Waals surface area contributed by atoms with Crippen molar-refractivity contribution in [1.82, 2.24) is 4.90 Å². The van der Waals surface area contributed by atoms with Crippen LogP contribution in [0.25, 0.3) is 0 Å². The molecule has 0 saturated carbocycles. The second kappa shape index (κ2) is 9.28. The third-order valence-corrected chi connectivity index (χ3v) is 5.14. The number of carbonyl (C=O) groups is 3. The van der Waals surface area contributed by atoms with Gasteiger partial charge in [0.2, 0.25) is 5.91 Å². The van der Waals surface area contributed by atoms with Crippen molar-refractivity contribution in [2.75, 3.05) is 25.0 Å². The van der Waals surface area contributed by atoms with E-state index in [1.165, 1.54) is 0 Å². The van der Waals surface area contributed by atoms with Crippen LogP contribution in [-0.2, 0) is 4.79 Å². The fourth-order valence-corrected chi connectivity index (χ4v) is 3.54. The molecule has 0 spiro atoms. The molecule has 2 aromatic rings. The highest BCUT2D eigenvalue weighted by Crippen LogP contribution is 2.22. The lowest BCUT2D eigenvalue weighted by Gasteiger charge is -2.31.